The number of aliphatic carboxylic acids is 1. The Morgan fingerprint density at radius 2 is 1.95 bits per heavy atom. The lowest BCUT2D eigenvalue weighted by atomic mass is 10.1. The van der Waals surface area contributed by atoms with Crippen molar-refractivity contribution in [2.45, 2.75) is 19.3 Å². The Morgan fingerprint density at radius 3 is 2.63 bits per heavy atom. The summed E-state index contributed by atoms with van der Waals surface area (Å²) in [5, 5.41) is 17.1. The third-order valence-corrected chi connectivity index (χ3v) is 3.14. The Morgan fingerprint density at radius 1 is 1.21 bits per heavy atom. The fourth-order valence-electron chi connectivity index (χ4n) is 1.50. The highest BCUT2D eigenvalue weighted by Gasteiger charge is 2.09. The summed E-state index contributed by atoms with van der Waals surface area (Å²) in [7, 11) is 0. The van der Waals surface area contributed by atoms with E-state index in [1.54, 1.807) is 12.1 Å². The standard InChI is InChI=1S/C12H10Cl2N2O3/c13-8-2-1-7(5-9(8)14)6-11-16-15-10(19-11)3-4-12(17)18/h1-2,5H,3-4,6H2,(H,17,18). The number of halogens is 2. The third kappa shape index (κ3) is 3.94. The average molecular weight is 301 g/mol. The Kier molecular flexibility index (Phi) is 4.39. The first kappa shape index (κ1) is 13.8. The van der Waals surface area contributed by atoms with Gasteiger partial charge in [0.2, 0.25) is 11.8 Å². The van der Waals surface area contributed by atoms with E-state index < -0.39 is 5.97 Å². The van der Waals surface area contributed by atoms with Gasteiger partial charge in [-0.05, 0) is 17.7 Å². The quantitative estimate of drug-likeness (QED) is 0.918. The van der Waals surface area contributed by atoms with E-state index in [0.29, 0.717) is 28.2 Å². The van der Waals surface area contributed by atoms with Crippen LogP contribution in [0.25, 0.3) is 0 Å². The SMILES string of the molecule is O=C(O)CCc1nnc(Cc2ccc(Cl)c(Cl)c2)o1. The molecule has 0 spiro atoms. The fourth-order valence-corrected chi connectivity index (χ4v) is 1.82. The van der Waals surface area contributed by atoms with Crippen LogP contribution in [0.4, 0.5) is 0 Å². The van der Waals surface area contributed by atoms with Crippen LogP contribution in [-0.4, -0.2) is 21.3 Å². The maximum atomic E-state index is 10.4. The largest absolute Gasteiger partial charge is 0.481 e. The van der Waals surface area contributed by atoms with Gasteiger partial charge in [-0.2, -0.15) is 0 Å². The summed E-state index contributed by atoms with van der Waals surface area (Å²) < 4.78 is 5.35. The van der Waals surface area contributed by atoms with Crippen LogP contribution in [0, 0.1) is 0 Å². The number of benzene rings is 1. The second kappa shape index (κ2) is 6.04. The number of aromatic nitrogens is 2. The van der Waals surface area contributed by atoms with Crippen LogP contribution in [-0.2, 0) is 17.6 Å². The number of nitrogens with zero attached hydrogens (tertiary/aromatic N) is 2. The predicted octanol–water partition coefficient (Wildman–Crippen LogP) is 2.98. The summed E-state index contributed by atoms with van der Waals surface area (Å²) in [5.41, 5.74) is 0.892. The van der Waals surface area contributed by atoms with Gasteiger partial charge in [0.25, 0.3) is 0 Å². The molecule has 100 valence electrons. The second-order valence-corrected chi connectivity index (χ2v) is 4.72. The molecule has 7 heteroatoms. The minimum atomic E-state index is -0.899. The summed E-state index contributed by atoms with van der Waals surface area (Å²) >= 11 is 11.7. The molecule has 0 aliphatic heterocycles. The highest BCUT2D eigenvalue weighted by atomic mass is 35.5. The first-order chi connectivity index (χ1) is 9.04. The van der Waals surface area contributed by atoms with Crippen LogP contribution in [0.5, 0.6) is 0 Å². The molecule has 0 saturated heterocycles. The molecule has 0 aliphatic carbocycles. The number of carbonyl (C=O) groups is 1. The minimum Gasteiger partial charge on any atom is -0.481 e. The molecule has 0 saturated carbocycles. The van der Waals surface area contributed by atoms with Crippen molar-refractivity contribution in [2.75, 3.05) is 0 Å². The Hall–Kier alpha value is -1.59. The van der Waals surface area contributed by atoms with E-state index in [1.807, 2.05) is 6.07 Å². The number of hydrogen-bond donors (Lipinski definition) is 1. The molecular weight excluding hydrogens is 291 g/mol. The van der Waals surface area contributed by atoms with Crippen molar-refractivity contribution < 1.29 is 14.3 Å². The van der Waals surface area contributed by atoms with Crippen molar-refractivity contribution in [3.8, 4) is 0 Å². The van der Waals surface area contributed by atoms with Gasteiger partial charge in [-0.3, -0.25) is 4.79 Å². The van der Waals surface area contributed by atoms with E-state index in [0.717, 1.165) is 5.56 Å². The lowest BCUT2D eigenvalue weighted by Gasteiger charge is -1.99. The Balaban J connectivity index is 2.02. The molecule has 1 heterocycles. The lowest BCUT2D eigenvalue weighted by molar-refractivity contribution is -0.137. The first-order valence-corrected chi connectivity index (χ1v) is 6.27. The van der Waals surface area contributed by atoms with Gasteiger partial charge in [0.05, 0.1) is 22.9 Å². The average Bonchev–Trinajstić information content (AvgIpc) is 2.79. The van der Waals surface area contributed by atoms with Crippen LogP contribution in [0.2, 0.25) is 10.0 Å². The van der Waals surface area contributed by atoms with Crippen LogP contribution < -0.4 is 0 Å². The molecule has 2 rings (SSSR count). The maximum absolute atomic E-state index is 10.4. The summed E-state index contributed by atoms with van der Waals surface area (Å²) in [6.45, 7) is 0. The van der Waals surface area contributed by atoms with Gasteiger partial charge in [0, 0.05) is 6.42 Å². The van der Waals surface area contributed by atoms with Gasteiger partial charge in [-0.15, -0.1) is 10.2 Å². The van der Waals surface area contributed by atoms with E-state index >= 15 is 0 Å². The molecule has 0 amide bonds. The first-order valence-electron chi connectivity index (χ1n) is 5.51. The molecule has 0 atom stereocenters. The summed E-state index contributed by atoms with van der Waals surface area (Å²) in [6, 6.07) is 5.24. The predicted molar refractivity (Wildman–Crippen MR) is 69.5 cm³/mol. The van der Waals surface area contributed by atoms with Crippen molar-refractivity contribution in [1.82, 2.24) is 10.2 Å². The van der Waals surface area contributed by atoms with E-state index in [1.165, 1.54) is 0 Å². The number of carboxylic acid groups (broad SMARTS) is 1. The molecule has 1 aromatic heterocycles. The van der Waals surface area contributed by atoms with Crippen LogP contribution in [0.1, 0.15) is 23.8 Å². The van der Waals surface area contributed by atoms with Crippen molar-refractivity contribution in [2.24, 2.45) is 0 Å². The summed E-state index contributed by atoms with van der Waals surface area (Å²) in [4.78, 5) is 10.4. The van der Waals surface area contributed by atoms with E-state index in [9.17, 15) is 4.79 Å². The smallest absolute Gasteiger partial charge is 0.303 e. The van der Waals surface area contributed by atoms with Gasteiger partial charge < -0.3 is 9.52 Å². The molecule has 0 bridgehead atoms. The van der Waals surface area contributed by atoms with Gasteiger partial charge in [-0.1, -0.05) is 29.3 Å². The summed E-state index contributed by atoms with van der Waals surface area (Å²) in [6.07, 6.45) is 0.620. The van der Waals surface area contributed by atoms with Gasteiger partial charge in [0.15, 0.2) is 0 Å². The third-order valence-electron chi connectivity index (χ3n) is 2.40. The number of hydrogen-bond acceptors (Lipinski definition) is 4. The van der Waals surface area contributed by atoms with Crippen LogP contribution in [0.3, 0.4) is 0 Å². The normalized spacial score (nSPS) is 10.6. The van der Waals surface area contributed by atoms with Crippen LogP contribution in [0.15, 0.2) is 22.6 Å². The molecular formula is C12H10Cl2N2O3. The minimum absolute atomic E-state index is 0.0333. The summed E-state index contributed by atoms with van der Waals surface area (Å²) in [5.74, 6) is -0.166. The zero-order valence-electron chi connectivity index (χ0n) is 9.77. The molecule has 0 unspecified atom stereocenters. The molecule has 0 aliphatic rings. The monoisotopic (exact) mass is 300 g/mol. The molecule has 19 heavy (non-hydrogen) atoms. The molecule has 0 fully saturated rings. The number of carboxylic acids is 1. The second-order valence-electron chi connectivity index (χ2n) is 3.91. The topological polar surface area (TPSA) is 76.2 Å². The van der Waals surface area contributed by atoms with Gasteiger partial charge in [0.1, 0.15) is 0 Å². The Bertz CT molecular complexity index is 598. The highest BCUT2D eigenvalue weighted by Crippen LogP contribution is 2.23. The molecule has 5 nitrogen and oxygen atoms in total. The van der Waals surface area contributed by atoms with E-state index in [2.05, 4.69) is 10.2 Å². The number of rotatable bonds is 5. The molecule has 1 aromatic carbocycles. The van der Waals surface area contributed by atoms with Crippen molar-refractivity contribution in [3.63, 3.8) is 0 Å². The van der Waals surface area contributed by atoms with Crippen molar-refractivity contribution >= 4 is 29.2 Å². The van der Waals surface area contributed by atoms with Crippen molar-refractivity contribution in [1.29, 1.82) is 0 Å². The van der Waals surface area contributed by atoms with Crippen LogP contribution >= 0.6 is 23.2 Å². The van der Waals surface area contributed by atoms with Gasteiger partial charge >= 0.3 is 5.97 Å². The van der Waals surface area contributed by atoms with Gasteiger partial charge in [-0.25, -0.2) is 0 Å². The number of aryl methyl sites for hydroxylation is 1. The van der Waals surface area contributed by atoms with E-state index in [4.69, 9.17) is 32.7 Å². The molecule has 0 radical (unpaired) electrons. The lowest BCUT2D eigenvalue weighted by Crippen LogP contribution is -1.97. The molecule has 2 aromatic rings. The van der Waals surface area contributed by atoms with Crippen molar-refractivity contribution in [3.05, 3.63) is 45.6 Å². The fraction of sp³-hybridized carbons (Fsp3) is 0.250. The molecule has 1 N–H and O–H groups in total. The highest BCUT2D eigenvalue weighted by molar-refractivity contribution is 6.42. The Labute approximate surface area is 119 Å². The van der Waals surface area contributed by atoms with E-state index in [-0.39, 0.29) is 12.8 Å². The zero-order chi connectivity index (χ0) is 13.8. The maximum Gasteiger partial charge on any atom is 0.303 e. The zero-order valence-corrected chi connectivity index (χ0v) is 11.3.